The molecule has 7 rings (SSSR count). The predicted molar refractivity (Wildman–Crippen MR) is 152 cm³/mol. The number of hydrogen-bond donors (Lipinski definition) is 1. The average molecular weight is 460 g/mol. The summed E-state index contributed by atoms with van der Waals surface area (Å²) in [7, 11) is 0. The summed E-state index contributed by atoms with van der Waals surface area (Å²) < 4.78 is 0. The summed E-state index contributed by atoms with van der Waals surface area (Å²) in [5.41, 5.74) is 11.4. The van der Waals surface area contributed by atoms with Crippen molar-refractivity contribution in [2.24, 2.45) is 0 Å². The highest BCUT2D eigenvalue weighted by atomic mass is 14.9. The van der Waals surface area contributed by atoms with Crippen molar-refractivity contribution in [2.75, 3.05) is 5.32 Å². The van der Waals surface area contributed by atoms with Crippen LogP contribution < -0.4 is 5.32 Å². The van der Waals surface area contributed by atoms with Gasteiger partial charge in [0.05, 0.1) is 0 Å². The molecule has 0 heterocycles. The molecule has 1 nitrogen and oxygen atoms in total. The SMILES string of the molecule is c1ccc(-c2ccc(Nc3ccc4c(c3)-c3ccccc3C4c3ccc4ccccc4c3)cc2)cc1. The fourth-order valence-corrected chi connectivity index (χ4v) is 5.57. The molecule has 0 fully saturated rings. The smallest absolute Gasteiger partial charge is 0.0390 e. The monoisotopic (exact) mass is 459 g/mol. The number of anilines is 2. The third-order valence-corrected chi connectivity index (χ3v) is 7.31. The van der Waals surface area contributed by atoms with Gasteiger partial charge in [-0.1, -0.05) is 115 Å². The van der Waals surface area contributed by atoms with E-state index in [-0.39, 0.29) is 5.92 Å². The lowest BCUT2D eigenvalue weighted by Crippen LogP contribution is -1.99. The lowest BCUT2D eigenvalue weighted by atomic mass is 9.88. The highest BCUT2D eigenvalue weighted by Gasteiger charge is 2.30. The fraction of sp³-hybridized carbons (Fsp3) is 0.0286. The van der Waals surface area contributed by atoms with E-state index in [2.05, 4.69) is 145 Å². The lowest BCUT2D eigenvalue weighted by molar-refractivity contribution is 1.02. The quantitative estimate of drug-likeness (QED) is 0.276. The third-order valence-electron chi connectivity index (χ3n) is 7.31. The first-order chi connectivity index (χ1) is 17.8. The minimum absolute atomic E-state index is 0.250. The number of benzene rings is 6. The standard InChI is InChI=1S/C35H25N/c1-2-8-24(9-3-1)26-16-18-29(19-17-26)36-30-20-21-33-34(23-30)31-12-6-7-13-32(31)35(33)28-15-14-25-10-4-5-11-27(25)22-28/h1-23,35-36H. The number of nitrogens with one attached hydrogen (secondary N) is 1. The van der Waals surface area contributed by atoms with Crippen molar-refractivity contribution in [3.05, 3.63) is 156 Å². The summed E-state index contributed by atoms with van der Waals surface area (Å²) in [6.45, 7) is 0. The second-order valence-corrected chi connectivity index (χ2v) is 9.50. The van der Waals surface area contributed by atoms with Crippen LogP contribution in [0.5, 0.6) is 0 Å². The first kappa shape index (κ1) is 20.7. The highest BCUT2D eigenvalue weighted by Crippen LogP contribution is 2.49. The van der Waals surface area contributed by atoms with Crippen molar-refractivity contribution in [2.45, 2.75) is 5.92 Å². The Morgan fingerprint density at radius 3 is 1.94 bits per heavy atom. The molecule has 0 bridgehead atoms. The van der Waals surface area contributed by atoms with E-state index in [1.54, 1.807) is 0 Å². The first-order valence-corrected chi connectivity index (χ1v) is 12.5. The Labute approximate surface area is 211 Å². The zero-order valence-electron chi connectivity index (χ0n) is 19.9. The topological polar surface area (TPSA) is 12.0 Å². The van der Waals surface area contributed by atoms with Crippen LogP contribution in [0, 0.1) is 0 Å². The van der Waals surface area contributed by atoms with Gasteiger partial charge in [0, 0.05) is 17.3 Å². The van der Waals surface area contributed by atoms with Gasteiger partial charge >= 0.3 is 0 Å². The number of fused-ring (bicyclic) bond motifs is 4. The van der Waals surface area contributed by atoms with Crippen molar-refractivity contribution in [1.29, 1.82) is 0 Å². The van der Waals surface area contributed by atoms with E-state index in [4.69, 9.17) is 0 Å². The maximum Gasteiger partial charge on any atom is 0.0390 e. The van der Waals surface area contributed by atoms with Gasteiger partial charge in [-0.25, -0.2) is 0 Å². The molecule has 1 aliphatic rings. The molecule has 1 unspecified atom stereocenters. The normalized spacial score (nSPS) is 13.8. The van der Waals surface area contributed by atoms with Crippen LogP contribution in [0.1, 0.15) is 22.6 Å². The van der Waals surface area contributed by atoms with E-state index >= 15 is 0 Å². The van der Waals surface area contributed by atoms with Crippen molar-refractivity contribution in [3.63, 3.8) is 0 Å². The maximum absolute atomic E-state index is 3.62. The van der Waals surface area contributed by atoms with Gasteiger partial charge < -0.3 is 5.32 Å². The molecular formula is C35H25N. The van der Waals surface area contributed by atoms with Crippen LogP contribution in [0.15, 0.2) is 140 Å². The molecule has 0 radical (unpaired) electrons. The Morgan fingerprint density at radius 1 is 0.417 bits per heavy atom. The van der Waals surface area contributed by atoms with Crippen molar-refractivity contribution in [1.82, 2.24) is 0 Å². The molecule has 0 aliphatic heterocycles. The van der Waals surface area contributed by atoms with Crippen LogP contribution in [0.2, 0.25) is 0 Å². The zero-order valence-corrected chi connectivity index (χ0v) is 19.9. The predicted octanol–water partition coefficient (Wildman–Crippen LogP) is 9.41. The van der Waals surface area contributed by atoms with Gasteiger partial charge in [-0.3, -0.25) is 0 Å². The molecule has 0 aromatic heterocycles. The van der Waals surface area contributed by atoms with Crippen LogP contribution in [-0.2, 0) is 0 Å². The van der Waals surface area contributed by atoms with Gasteiger partial charge in [-0.15, -0.1) is 0 Å². The van der Waals surface area contributed by atoms with E-state index in [1.165, 1.54) is 49.7 Å². The van der Waals surface area contributed by atoms with E-state index in [1.807, 2.05) is 0 Å². The maximum atomic E-state index is 3.62. The Bertz CT molecular complexity index is 1700. The van der Waals surface area contributed by atoms with E-state index in [9.17, 15) is 0 Å². The molecule has 0 amide bonds. The summed E-state index contributed by atoms with van der Waals surface area (Å²) in [5.74, 6) is 0.250. The van der Waals surface area contributed by atoms with E-state index in [0.717, 1.165) is 11.4 Å². The van der Waals surface area contributed by atoms with Crippen LogP contribution in [-0.4, -0.2) is 0 Å². The molecule has 1 heteroatoms. The fourth-order valence-electron chi connectivity index (χ4n) is 5.57. The Balaban J connectivity index is 1.24. The zero-order chi connectivity index (χ0) is 23.9. The van der Waals surface area contributed by atoms with Crippen LogP contribution in [0.3, 0.4) is 0 Å². The molecule has 1 N–H and O–H groups in total. The molecule has 170 valence electrons. The van der Waals surface area contributed by atoms with E-state index < -0.39 is 0 Å². The molecule has 0 spiro atoms. The second kappa shape index (κ2) is 8.55. The van der Waals surface area contributed by atoms with Crippen molar-refractivity contribution >= 4 is 22.1 Å². The molecule has 36 heavy (non-hydrogen) atoms. The van der Waals surface area contributed by atoms with Crippen molar-refractivity contribution in [3.8, 4) is 22.3 Å². The first-order valence-electron chi connectivity index (χ1n) is 12.5. The minimum Gasteiger partial charge on any atom is -0.356 e. The minimum atomic E-state index is 0.250. The summed E-state index contributed by atoms with van der Waals surface area (Å²) in [4.78, 5) is 0. The largest absolute Gasteiger partial charge is 0.356 e. The Hall–Kier alpha value is -4.62. The van der Waals surface area contributed by atoms with Crippen molar-refractivity contribution < 1.29 is 0 Å². The van der Waals surface area contributed by atoms with Crippen LogP contribution in [0.25, 0.3) is 33.0 Å². The molecule has 6 aromatic rings. The second-order valence-electron chi connectivity index (χ2n) is 9.50. The molecule has 6 aromatic carbocycles. The lowest BCUT2D eigenvalue weighted by Gasteiger charge is -2.16. The van der Waals surface area contributed by atoms with Gasteiger partial charge in [0.15, 0.2) is 0 Å². The summed E-state index contributed by atoms with van der Waals surface area (Å²) in [6, 6.07) is 50.3. The van der Waals surface area contributed by atoms with Gasteiger partial charge in [0.25, 0.3) is 0 Å². The Morgan fingerprint density at radius 2 is 1.08 bits per heavy atom. The number of rotatable bonds is 4. The molecule has 0 saturated carbocycles. The molecule has 0 saturated heterocycles. The molecule has 1 aliphatic carbocycles. The summed E-state index contributed by atoms with van der Waals surface area (Å²) in [5, 5.41) is 6.19. The molecular weight excluding hydrogens is 434 g/mol. The van der Waals surface area contributed by atoms with Crippen LogP contribution in [0.4, 0.5) is 11.4 Å². The van der Waals surface area contributed by atoms with E-state index in [0.29, 0.717) is 0 Å². The van der Waals surface area contributed by atoms with Gasteiger partial charge in [-0.2, -0.15) is 0 Å². The number of hydrogen-bond acceptors (Lipinski definition) is 1. The molecule has 1 atom stereocenters. The Kier molecular flexibility index (Phi) is 4.92. The van der Waals surface area contributed by atoms with Gasteiger partial charge in [0.2, 0.25) is 0 Å². The van der Waals surface area contributed by atoms with Gasteiger partial charge in [0.1, 0.15) is 0 Å². The van der Waals surface area contributed by atoms with Gasteiger partial charge in [-0.05, 0) is 74.0 Å². The summed E-state index contributed by atoms with van der Waals surface area (Å²) >= 11 is 0. The average Bonchev–Trinajstić information content (AvgIpc) is 3.27. The summed E-state index contributed by atoms with van der Waals surface area (Å²) in [6.07, 6.45) is 0. The highest BCUT2D eigenvalue weighted by molar-refractivity contribution is 5.87. The third kappa shape index (κ3) is 3.57. The van der Waals surface area contributed by atoms with Crippen LogP contribution >= 0.6 is 0 Å².